The molecule has 166 valence electrons. The fourth-order valence-corrected chi connectivity index (χ4v) is 3.34. The lowest BCUT2D eigenvalue weighted by molar-refractivity contribution is -0.385. The first-order valence-corrected chi connectivity index (χ1v) is 10.1. The van der Waals surface area contributed by atoms with Crippen molar-refractivity contribution in [3.05, 3.63) is 33.4 Å². The highest BCUT2D eigenvalue weighted by atomic mass is 16.7. The Bertz CT molecular complexity index is 910. The number of rotatable bonds is 7. The maximum Gasteiger partial charge on any atom is 0.514 e. The minimum absolute atomic E-state index is 0.0435. The predicted octanol–water partition coefficient (Wildman–Crippen LogP) is 3.92. The van der Waals surface area contributed by atoms with Crippen LogP contribution in [0.4, 0.5) is 10.5 Å². The molecule has 1 N–H and O–H groups in total. The normalized spacial score (nSPS) is 14.4. The number of phenolic OH excluding ortho intramolecular Hbond substituents is 1. The Hall–Kier alpha value is -3.61. The first-order valence-electron chi connectivity index (χ1n) is 10.1. The number of aromatic hydroxyl groups is 1. The first-order chi connectivity index (χ1) is 14.8. The van der Waals surface area contributed by atoms with Gasteiger partial charge in [0.15, 0.2) is 5.75 Å². The van der Waals surface area contributed by atoms with Crippen LogP contribution in [0.2, 0.25) is 0 Å². The number of carbonyl (C=O) groups excluding carboxylic acids is 2. The number of amides is 1. The third-order valence-corrected chi connectivity index (χ3v) is 4.99. The van der Waals surface area contributed by atoms with Gasteiger partial charge in [0, 0.05) is 19.2 Å². The van der Waals surface area contributed by atoms with Crippen LogP contribution < -0.4 is 4.74 Å². The van der Waals surface area contributed by atoms with Crippen molar-refractivity contribution in [3.8, 4) is 17.6 Å². The lowest BCUT2D eigenvalue weighted by Gasteiger charge is -2.21. The average molecular weight is 431 g/mol. The molecule has 1 fully saturated rings. The van der Waals surface area contributed by atoms with Crippen molar-refractivity contribution in [2.45, 2.75) is 52.1 Å². The summed E-state index contributed by atoms with van der Waals surface area (Å²) in [4.78, 5) is 36.5. The third kappa shape index (κ3) is 6.18. The number of hydrogen-bond donors (Lipinski definition) is 1. The second-order valence-corrected chi connectivity index (χ2v) is 7.02. The number of phenols is 1. The number of nitrogens with zero attached hydrogens (tertiary/aromatic N) is 3. The Labute approximate surface area is 179 Å². The van der Waals surface area contributed by atoms with Crippen molar-refractivity contribution < 1.29 is 29.1 Å². The van der Waals surface area contributed by atoms with Gasteiger partial charge in [-0.15, -0.1) is 0 Å². The Morgan fingerprint density at radius 1 is 1.29 bits per heavy atom. The number of nitro groups is 1. The monoisotopic (exact) mass is 431 g/mol. The molecular formula is C21H25N3O7. The van der Waals surface area contributed by atoms with E-state index in [1.807, 2.05) is 0 Å². The van der Waals surface area contributed by atoms with E-state index in [4.69, 9.17) is 9.47 Å². The van der Waals surface area contributed by atoms with E-state index in [2.05, 4.69) is 0 Å². The zero-order chi connectivity index (χ0) is 23.0. The van der Waals surface area contributed by atoms with Crippen molar-refractivity contribution >= 4 is 23.8 Å². The second-order valence-electron chi connectivity index (χ2n) is 7.02. The Morgan fingerprint density at radius 2 is 1.94 bits per heavy atom. The Morgan fingerprint density at radius 3 is 2.48 bits per heavy atom. The molecule has 0 bridgehead atoms. The molecule has 2 rings (SSSR count). The van der Waals surface area contributed by atoms with Gasteiger partial charge in [-0.25, -0.2) is 4.79 Å². The summed E-state index contributed by atoms with van der Waals surface area (Å²) in [6, 6.07) is 3.91. The summed E-state index contributed by atoms with van der Waals surface area (Å²) < 4.78 is 10.2. The molecule has 1 saturated carbocycles. The fourth-order valence-electron chi connectivity index (χ4n) is 3.34. The number of nitro benzene ring substituents is 1. The van der Waals surface area contributed by atoms with Gasteiger partial charge < -0.3 is 19.5 Å². The molecule has 0 saturated heterocycles. The molecule has 10 nitrogen and oxygen atoms in total. The minimum atomic E-state index is -1.09. The molecule has 0 atom stereocenters. The van der Waals surface area contributed by atoms with E-state index in [0.717, 1.165) is 37.5 Å². The van der Waals surface area contributed by atoms with E-state index >= 15 is 0 Å². The van der Waals surface area contributed by atoms with Crippen LogP contribution in [-0.4, -0.2) is 46.2 Å². The third-order valence-electron chi connectivity index (χ3n) is 4.99. The summed E-state index contributed by atoms with van der Waals surface area (Å²) in [6.07, 6.45) is 4.05. The Kier molecular flexibility index (Phi) is 8.37. The summed E-state index contributed by atoms with van der Waals surface area (Å²) in [5, 5.41) is 30.9. The number of ether oxygens (including phenoxy) is 2. The van der Waals surface area contributed by atoms with Crippen LogP contribution in [0.3, 0.4) is 0 Å². The van der Waals surface area contributed by atoms with Crippen LogP contribution in [0.5, 0.6) is 11.5 Å². The van der Waals surface area contributed by atoms with E-state index in [9.17, 15) is 30.1 Å². The van der Waals surface area contributed by atoms with Gasteiger partial charge in [0.2, 0.25) is 5.75 Å². The maximum absolute atomic E-state index is 12.5. The highest BCUT2D eigenvalue weighted by Crippen LogP contribution is 2.38. The lowest BCUT2D eigenvalue weighted by atomic mass is 9.98. The van der Waals surface area contributed by atoms with Gasteiger partial charge in [-0.2, -0.15) is 5.26 Å². The van der Waals surface area contributed by atoms with Crippen LogP contribution in [0.1, 0.15) is 51.5 Å². The van der Waals surface area contributed by atoms with E-state index in [1.165, 1.54) is 4.90 Å². The smallest absolute Gasteiger partial charge is 0.499 e. The molecule has 1 aromatic carbocycles. The molecule has 0 aromatic heterocycles. The van der Waals surface area contributed by atoms with E-state index < -0.39 is 34.2 Å². The van der Waals surface area contributed by atoms with Gasteiger partial charge in [0.1, 0.15) is 17.7 Å². The SMILES string of the molecule is CCN(CC)C(=O)/C(C#N)=C/c1cc(OC(=O)OC2CCCCC2)c(O)c([N+](=O)[O-])c1. The molecule has 1 aliphatic carbocycles. The minimum Gasteiger partial charge on any atom is -0.499 e. The fraction of sp³-hybridized carbons (Fsp3) is 0.476. The van der Waals surface area contributed by atoms with Gasteiger partial charge in [-0.3, -0.25) is 14.9 Å². The van der Waals surface area contributed by atoms with Crippen LogP contribution in [0.25, 0.3) is 6.08 Å². The molecule has 0 heterocycles. The molecule has 0 unspecified atom stereocenters. The number of benzene rings is 1. The highest BCUT2D eigenvalue weighted by Gasteiger charge is 2.25. The topological polar surface area (TPSA) is 143 Å². The molecule has 10 heteroatoms. The van der Waals surface area contributed by atoms with Crippen LogP contribution in [-0.2, 0) is 9.53 Å². The number of likely N-dealkylation sites (N-methyl/N-ethyl adjacent to an activating group) is 1. The molecule has 31 heavy (non-hydrogen) atoms. The van der Waals surface area contributed by atoms with Crippen molar-refractivity contribution in [1.82, 2.24) is 4.90 Å². The quantitative estimate of drug-likeness (QED) is 0.171. The summed E-state index contributed by atoms with van der Waals surface area (Å²) in [5.74, 6) is -1.88. The maximum atomic E-state index is 12.5. The molecule has 1 aromatic rings. The first kappa shape index (κ1) is 23.7. The van der Waals surface area contributed by atoms with Crippen LogP contribution >= 0.6 is 0 Å². The molecule has 0 aliphatic heterocycles. The molecule has 1 amide bonds. The van der Waals surface area contributed by atoms with Gasteiger partial charge in [0.25, 0.3) is 5.91 Å². The lowest BCUT2D eigenvalue weighted by Crippen LogP contribution is -2.31. The number of carbonyl (C=O) groups is 2. The van der Waals surface area contributed by atoms with Gasteiger partial charge >= 0.3 is 11.8 Å². The summed E-state index contributed by atoms with van der Waals surface area (Å²) >= 11 is 0. The van der Waals surface area contributed by atoms with E-state index in [-0.39, 0.29) is 17.2 Å². The molecular weight excluding hydrogens is 406 g/mol. The van der Waals surface area contributed by atoms with Crippen LogP contribution in [0.15, 0.2) is 17.7 Å². The zero-order valence-corrected chi connectivity index (χ0v) is 17.5. The molecule has 0 spiro atoms. The number of nitriles is 1. The van der Waals surface area contributed by atoms with Crippen molar-refractivity contribution in [2.24, 2.45) is 0 Å². The molecule has 0 radical (unpaired) electrons. The van der Waals surface area contributed by atoms with Crippen molar-refractivity contribution in [2.75, 3.05) is 13.1 Å². The standard InChI is InChI=1S/C21H25N3O7/c1-3-23(4-2)20(26)15(13-22)10-14-11-17(24(28)29)19(25)18(12-14)31-21(27)30-16-8-6-5-7-9-16/h10-12,16,25H,3-9H2,1-2H3/b15-10+. The summed E-state index contributed by atoms with van der Waals surface area (Å²) in [7, 11) is 0. The van der Waals surface area contributed by atoms with Crippen molar-refractivity contribution in [3.63, 3.8) is 0 Å². The van der Waals surface area contributed by atoms with E-state index in [1.54, 1.807) is 19.9 Å². The average Bonchev–Trinajstić information content (AvgIpc) is 2.75. The largest absolute Gasteiger partial charge is 0.514 e. The number of hydrogen-bond acceptors (Lipinski definition) is 8. The van der Waals surface area contributed by atoms with Crippen LogP contribution in [0, 0.1) is 21.4 Å². The predicted molar refractivity (Wildman–Crippen MR) is 110 cm³/mol. The Balaban J connectivity index is 2.35. The van der Waals surface area contributed by atoms with Gasteiger partial charge in [-0.1, -0.05) is 6.42 Å². The zero-order valence-electron chi connectivity index (χ0n) is 17.5. The van der Waals surface area contributed by atoms with Crippen molar-refractivity contribution in [1.29, 1.82) is 5.26 Å². The second kappa shape index (κ2) is 11.0. The van der Waals surface area contributed by atoms with Gasteiger partial charge in [-0.05, 0) is 57.2 Å². The molecule has 1 aliphatic rings. The van der Waals surface area contributed by atoms with Gasteiger partial charge in [0.05, 0.1) is 4.92 Å². The summed E-state index contributed by atoms with van der Waals surface area (Å²) in [6.45, 7) is 4.27. The summed E-state index contributed by atoms with van der Waals surface area (Å²) in [5.41, 5.74) is -0.941. The van der Waals surface area contributed by atoms with E-state index in [0.29, 0.717) is 25.9 Å². The highest BCUT2D eigenvalue weighted by molar-refractivity contribution is 6.01.